The molecular weight excluding hydrogens is 529 g/mol. The fourth-order valence-corrected chi connectivity index (χ4v) is 5.82. The lowest BCUT2D eigenvalue weighted by molar-refractivity contribution is -0.141. The van der Waals surface area contributed by atoms with E-state index in [2.05, 4.69) is 0 Å². The lowest BCUT2D eigenvalue weighted by Gasteiger charge is -2.21. The zero-order chi connectivity index (χ0) is 28.8. The molecule has 3 rings (SSSR count). The molecule has 0 fully saturated rings. The van der Waals surface area contributed by atoms with Crippen molar-refractivity contribution in [1.29, 1.82) is 0 Å². The third-order valence-corrected chi connectivity index (χ3v) is 7.51. The van der Waals surface area contributed by atoms with Crippen LogP contribution in [0.3, 0.4) is 0 Å². The number of carbonyl (C=O) groups is 2. The number of rotatable bonds is 5. The average Bonchev–Trinajstić information content (AvgIpc) is 2.80. The Morgan fingerprint density at radius 3 is 1.74 bits per heavy atom. The average molecular weight is 553 g/mol. The summed E-state index contributed by atoms with van der Waals surface area (Å²) in [6.07, 6.45) is -10.9. The Morgan fingerprint density at radius 1 is 0.763 bits per heavy atom. The molecule has 0 spiro atoms. The minimum absolute atomic E-state index is 0.213. The van der Waals surface area contributed by atoms with E-state index < -0.39 is 53.5 Å². The molecule has 1 unspecified atom stereocenters. The Balaban J connectivity index is 2.33. The fourth-order valence-electron chi connectivity index (χ4n) is 4.19. The number of hydrogen-bond acceptors (Lipinski definition) is 3. The summed E-state index contributed by atoms with van der Waals surface area (Å²) in [6.45, 7) is 8.63. The normalized spacial score (nSPS) is 12.9. The van der Waals surface area contributed by atoms with E-state index in [0.717, 1.165) is 5.56 Å². The van der Waals surface area contributed by atoms with Crippen molar-refractivity contribution in [3.63, 3.8) is 0 Å². The third-order valence-electron chi connectivity index (χ3n) is 6.05. The summed E-state index contributed by atoms with van der Waals surface area (Å²) in [4.78, 5) is 26.3. The molecule has 3 nitrogen and oxygen atoms in total. The maximum atomic E-state index is 14.4. The molecule has 3 aromatic carbocycles. The molecule has 1 atom stereocenters. The molecule has 0 amide bonds. The van der Waals surface area contributed by atoms with Crippen molar-refractivity contribution in [2.24, 2.45) is 0 Å². The van der Waals surface area contributed by atoms with Crippen LogP contribution in [0.2, 0.25) is 0 Å². The molecule has 200 valence electrons. The van der Waals surface area contributed by atoms with Gasteiger partial charge in [0, 0.05) is 11.1 Å². The van der Waals surface area contributed by atoms with Crippen molar-refractivity contribution in [2.75, 3.05) is 0 Å². The van der Waals surface area contributed by atoms with Crippen molar-refractivity contribution < 1.29 is 40.5 Å². The number of ketones is 1. The molecule has 0 aromatic heterocycles. The van der Waals surface area contributed by atoms with Crippen LogP contribution in [-0.2, 0) is 22.3 Å². The first kappa shape index (κ1) is 29.2. The van der Waals surface area contributed by atoms with Crippen LogP contribution in [0.15, 0.2) is 54.6 Å². The van der Waals surface area contributed by atoms with Gasteiger partial charge in [-0.1, -0.05) is 67.8 Å². The van der Waals surface area contributed by atoms with Gasteiger partial charge in [-0.05, 0) is 48.1 Å². The van der Waals surface area contributed by atoms with Crippen molar-refractivity contribution in [3.05, 3.63) is 99.1 Å². The van der Waals surface area contributed by atoms with Crippen molar-refractivity contribution >= 4 is 24.4 Å². The number of alkyl halides is 6. The summed E-state index contributed by atoms with van der Waals surface area (Å²) in [5.74, 6) is -1.22. The maximum absolute atomic E-state index is 14.4. The third kappa shape index (κ3) is 5.73. The number of carbonyl (C=O) groups excluding carboxylic acids is 2. The quantitative estimate of drug-likeness (QED) is 0.182. The Labute approximate surface area is 216 Å². The Bertz CT molecular complexity index is 1410. The highest BCUT2D eigenvalue weighted by molar-refractivity contribution is 7.71. The predicted molar refractivity (Wildman–Crippen MR) is 133 cm³/mol. The fraction of sp³-hybridized carbons (Fsp3) is 0.286. The van der Waals surface area contributed by atoms with Gasteiger partial charge in [-0.25, -0.2) is 4.79 Å². The standard InChI is InChI=1S/C28H24F6O3P/c1-15-13-18(26(3,4)5)14-16(2)21(15)25(36)38(37)24-20(27(29,30)31)12-11-19(22(24)28(32,33)34)23(35)17-9-7-6-8-10-17/h6-14H,1-5H3/q+1. The first-order chi connectivity index (χ1) is 17.4. The summed E-state index contributed by atoms with van der Waals surface area (Å²) in [5.41, 5.74) is -5.91. The summed E-state index contributed by atoms with van der Waals surface area (Å²) in [7, 11) is -3.94. The second kappa shape index (κ2) is 10.1. The molecule has 0 aliphatic heterocycles. The van der Waals surface area contributed by atoms with Gasteiger partial charge in [-0.15, -0.1) is 0 Å². The van der Waals surface area contributed by atoms with E-state index in [4.69, 9.17) is 0 Å². The molecule has 0 saturated heterocycles. The minimum atomic E-state index is -5.53. The lowest BCUT2D eigenvalue weighted by atomic mass is 9.84. The van der Waals surface area contributed by atoms with Gasteiger partial charge in [0.05, 0.1) is 5.56 Å². The topological polar surface area (TPSA) is 51.2 Å². The van der Waals surface area contributed by atoms with Crippen molar-refractivity contribution in [3.8, 4) is 0 Å². The first-order valence-corrected chi connectivity index (χ1v) is 12.7. The largest absolute Gasteiger partial charge is 0.459 e. The SMILES string of the molecule is Cc1cc(C(C)(C)C)cc(C)c1C(=O)[P+](=O)c1c(C(F)(F)F)ccc(C(=O)c2ccccc2)c1C(F)(F)F. The second-order valence-corrected chi connectivity index (χ2v) is 11.4. The van der Waals surface area contributed by atoms with Gasteiger partial charge < -0.3 is 0 Å². The van der Waals surface area contributed by atoms with Crippen LogP contribution in [0.25, 0.3) is 0 Å². The number of benzene rings is 3. The van der Waals surface area contributed by atoms with Crippen LogP contribution in [-0.4, -0.2) is 11.3 Å². The predicted octanol–water partition coefficient (Wildman–Crippen LogP) is 8.16. The highest BCUT2D eigenvalue weighted by Crippen LogP contribution is 2.44. The molecule has 0 N–H and O–H groups in total. The summed E-state index contributed by atoms with van der Waals surface area (Å²) >= 11 is 0. The van der Waals surface area contributed by atoms with E-state index in [0.29, 0.717) is 6.07 Å². The van der Waals surface area contributed by atoms with Gasteiger partial charge >= 0.3 is 25.7 Å². The van der Waals surface area contributed by atoms with Crippen LogP contribution < -0.4 is 5.30 Å². The Morgan fingerprint density at radius 2 is 1.29 bits per heavy atom. The Kier molecular flexibility index (Phi) is 7.77. The molecule has 38 heavy (non-hydrogen) atoms. The van der Waals surface area contributed by atoms with E-state index in [1.54, 1.807) is 12.1 Å². The second-order valence-electron chi connectivity index (χ2n) is 9.91. The number of hydrogen-bond donors (Lipinski definition) is 0. The van der Waals surface area contributed by atoms with Gasteiger partial charge in [-0.2, -0.15) is 26.3 Å². The van der Waals surface area contributed by atoms with Crippen molar-refractivity contribution in [1.82, 2.24) is 0 Å². The van der Waals surface area contributed by atoms with Gasteiger partial charge in [0.25, 0.3) is 0 Å². The lowest BCUT2D eigenvalue weighted by Crippen LogP contribution is -2.30. The van der Waals surface area contributed by atoms with Crippen LogP contribution in [0.4, 0.5) is 26.3 Å². The summed E-state index contributed by atoms with van der Waals surface area (Å²) in [5, 5.41) is -1.74. The van der Waals surface area contributed by atoms with E-state index in [1.807, 2.05) is 20.8 Å². The van der Waals surface area contributed by atoms with Crippen molar-refractivity contribution in [2.45, 2.75) is 52.4 Å². The molecule has 0 aliphatic carbocycles. The van der Waals surface area contributed by atoms with Gasteiger partial charge in [-0.3, -0.25) is 4.79 Å². The molecule has 0 radical (unpaired) electrons. The monoisotopic (exact) mass is 553 g/mol. The number of halogens is 6. The molecule has 0 heterocycles. The first-order valence-electron chi connectivity index (χ1n) is 11.4. The molecule has 0 aliphatic rings. The van der Waals surface area contributed by atoms with E-state index in [9.17, 15) is 40.5 Å². The van der Waals surface area contributed by atoms with E-state index in [1.165, 1.54) is 44.2 Å². The Hall–Kier alpha value is -3.32. The highest BCUT2D eigenvalue weighted by Gasteiger charge is 2.53. The zero-order valence-corrected chi connectivity index (χ0v) is 22.0. The smallest absolute Gasteiger partial charge is 0.289 e. The zero-order valence-electron chi connectivity index (χ0n) is 21.1. The molecule has 0 saturated carbocycles. The van der Waals surface area contributed by atoms with Gasteiger partial charge in [0.2, 0.25) is 5.30 Å². The van der Waals surface area contributed by atoms with Gasteiger partial charge in [0.1, 0.15) is 11.1 Å². The van der Waals surface area contributed by atoms with E-state index in [-0.39, 0.29) is 33.7 Å². The summed E-state index contributed by atoms with van der Waals surface area (Å²) in [6, 6.07) is 10.5. The minimum Gasteiger partial charge on any atom is -0.289 e. The molecular formula is C28H24F6O3P+. The van der Waals surface area contributed by atoms with E-state index >= 15 is 0 Å². The van der Waals surface area contributed by atoms with Crippen LogP contribution in [0.5, 0.6) is 0 Å². The molecule has 3 aromatic rings. The highest BCUT2D eigenvalue weighted by atomic mass is 31.1. The number of aryl methyl sites for hydroxylation is 2. The maximum Gasteiger partial charge on any atom is 0.459 e. The van der Waals surface area contributed by atoms with Crippen LogP contribution in [0.1, 0.15) is 74.9 Å². The van der Waals surface area contributed by atoms with Crippen LogP contribution >= 0.6 is 7.80 Å². The molecule has 10 heteroatoms. The van der Waals surface area contributed by atoms with Gasteiger partial charge in [0.15, 0.2) is 5.78 Å². The molecule has 0 bridgehead atoms. The van der Waals surface area contributed by atoms with Crippen LogP contribution in [0, 0.1) is 13.8 Å². The summed E-state index contributed by atoms with van der Waals surface area (Å²) < 4.78 is 98.4.